The first-order chi connectivity index (χ1) is 10.5. The first-order valence-corrected chi connectivity index (χ1v) is 8.35. The minimum absolute atomic E-state index is 0.145. The number of rotatable bonds is 4. The van der Waals surface area contributed by atoms with E-state index in [1.165, 1.54) is 29.9 Å². The molecule has 0 bridgehead atoms. The van der Waals surface area contributed by atoms with Crippen molar-refractivity contribution >= 4 is 15.7 Å². The van der Waals surface area contributed by atoms with Crippen LogP contribution in [0.25, 0.3) is 5.57 Å². The van der Waals surface area contributed by atoms with Crippen molar-refractivity contribution in [3.8, 4) is 5.75 Å². The van der Waals surface area contributed by atoms with Crippen molar-refractivity contribution in [3.05, 3.63) is 65.2 Å². The summed E-state index contributed by atoms with van der Waals surface area (Å²) in [6, 6.07) is 13.0. The van der Waals surface area contributed by atoms with E-state index < -0.39 is 10.1 Å². The molecule has 0 aliphatic heterocycles. The Balaban J connectivity index is 1.95. The van der Waals surface area contributed by atoms with Crippen molar-refractivity contribution < 1.29 is 17.7 Å². The van der Waals surface area contributed by atoms with Gasteiger partial charge in [0.1, 0.15) is 10.6 Å². The lowest BCUT2D eigenvalue weighted by molar-refractivity contribution is 0.397. The summed E-state index contributed by atoms with van der Waals surface area (Å²) in [4.78, 5) is -0.195. The monoisotopic (exact) mass is 316 g/mol. The van der Waals surface area contributed by atoms with Gasteiger partial charge in [-0.05, 0) is 47.2 Å². The van der Waals surface area contributed by atoms with Crippen LogP contribution in [-0.4, -0.2) is 20.1 Å². The summed E-state index contributed by atoms with van der Waals surface area (Å²) in [5.74, 6) is 0.145. The van der Waals surface area contributed by atoms with Gasteiger partial charge in [0.05, 0.1) is 7.11 Å². The number of hydrogen-bond donors (Lipinski definition) is 1. The van der Waals surface area contributed by atoms with Gasteiger partial charge in [-0.2, -0.15) is 8.42 Å². The predicted octanol–water partition coefficient (Wildman–Crippen LogP) is 3.12. The molecule has 0 saturated heterocycles. The number of allylic oxidation sites excluding steroid dienone is 2. The molecular formula is C17H16O4S. The van der Waals surface area contributed by atoms with Crippen molar-refractivity contribution in [1.29, 1.82) is 0 Å². The van der Waals surface area contributed by atoms with Crippen molar-refractivity contribution in [3.63, 3.8) is 0 Å². The van der Waals surface area contributed by atoms with Crippen LogP contribution < -0.4 is 4.74 Å². The van der Waals surface area contributed by atoms with Gasteiger partial charge in [0.25, 0.3) is 10.1 Å². The average Bonchev–Trinajstić information content (AvgIpc) is 2.90. The maximum Gasteiger partial charge on any atom is 0.298 e. The van der Waals surface area contributed by atoms with Gasteiger partial charge < -0.3 is 4.74 Å². The van der Waals surface area contributed by atoms with Gasteiger partial charge in [-0.25, -0.2) is 0 Å². The molecule has 1 aliphatic rings. The van der Waals surface area contributed by atoms with Crippen LogP contribution in [0.2, 0.25) is 0 Å². The zero-order valence-electron chi connectivity index (χ0n) is 12.1. The Morgan fingerprint density at radius 1 is 1.18 bits per heavy atom. The van der Waals surface area contributed by atoms with Gasteiger partial charge in [-0.15, -0.1) is 0 Å². The molecule has 0 fully saturated rings. The molecular weight excluding hydrogens is 300 g/mol. The molecule has 2 aromatic carbocycles. The summed E-state index contributed by atoms with van der Waals surface area (Å²) in [7, 11) is -2.93. The Labute approximate surface area is 129 Å². The largest absolute Gasteiger partial charge is 0.495 e. The zero-order chi connectivity index (χ0) is 15.7. The third kappa shape index (κ3) is 2.77. The smallest absolute Gasteiger partial charge is 0.298 e. The van der Waals surface area contributed by atoms with Gasteiger partial charge in [-0.1, -0.05) is 36.4 Å². The average molecular weight is 316 g/mol. The first-order valence-electron chi connectivity index (χ1n) is 6.91. The molecule has 0 saturated carbocycles. The molecule has 0 atom stereocenters. The van der Waals surface area contributed by atoms with Crippen LogP contribution in [-0.2, 0) is 23.0 Å². The van der Waals surface area contributed by atoms with Crippen LogP contribution in [0, 0.1) is 0 Å². The van der Waals surface area contributed by atoms with E-state index in [4.69, 9.17) is 4.74 Å². The zero-order valence-corrected chi connectivity index (χ0v) is 12.9. The molecule has 0 aromatic heterocycles. The number of methoxy groups -OCH3 is 1. The Bertz CT molecular complexity index is 851. The fourth-order valence-electron chi connectivity index (χ4n) is 2.77. The highest BCUT2D eigenvalue weighted by Crippen LogP contribution is 2.32. The fraction of sp³-hybridized carbons (Fsp3) is 0.176. The van der Waals surface area contributed by atoms with Gasteiger partial charge >= 0.3 is 0 Å². The van der Waals surface area contributed by atoms with Crippen LogP contribution in [0.15, 0.2) is 53.4 Å². The molecule has 1 N–H and O–H groups in total. The second-order valence-electron chi connectivity index (χ2n) is 5.23. The second-order valence-corrected chi connectivity index (χ2v) is 6.62. The molecule has 4 nitrogen and oxygen atoms in total. The maximum absolute atomic E-state index is 11.5. The van der Waals surface area contributed by atoms with E-state index in [9.17, 15) is 13.0 Å². The lowest BCUT2D eigenvalue weighted by Gasteiger charge is -2.10. The van der Waals surface area contributed by atoms with E-state index in [-0.39, 0.29) is 10.6 Å². The molecule has 5 heteroatoms. The standard InChI is InChI=1S/C17H16O4S/c1-21-16-9-6-12(11-17(16)22(18,19)20)10-14-8-7-13-4-2-3-5-15(13)14/h2-6,8-9,11H,7,10H2,1H3,(H,18,19,20). The van der Waals surface area contributed by atoms with E-state index in [1.54, 1.807) is 6.07 Å². The summed E-state index contributed by atoms with van der Waals surface area (Å²) in [6.07, 6.45) is 3.67. The van der Waals surface area contributed by atoms with E-state index in [1.807, 2.05) is 18.2 Å². The Morgan fingerprint density at radius 2 is 1.95 bits per heavy atom. The summed E-state index contributed by atoms with van der Waals surface area (Å²) >= 11 is 0. The predicted molar refractivity (Wildman–Crippen MR) is 84.6 cm³/mol. The summed E-state index contributed by atoms with van der Waals surface area (Å²) in [5, 5.41) is 0. The lowest BCUT2D eigenvalue weighted by atomic mass is 9.99. The van der Waals surface area contributed by atoms with Crippen LogP contribution >= 0.6 is 0 Å². The van der Waals surface area contributed by atoms with Crippen LogP contribution in [0.5, 0.6) is 5.75 Å². The van der Waals surface area contributed by atoms with E-state index in [2.05, 4.69) is 18.2 Å². The summed E-state index contributed by atoms with van der Waals surface area (Å²) in [5.41, 5.74) is 4.46. The Kier molecular flexibility index (Phi) is 3.76. The summed E-state index contributed by atoms with van der Waals surface area (Å²) < 4.78 is 37.2. The number of benzene rings is 2. The first kappa shape index (κ1) is 14.8. The molecule has 0 unspecified atom stereocenters. The number of hydrogen-bond acceptors (Lipinski definition) is 3. The minimum Gasteiger partial charge on any atom is -0.495 e. The molecule has 0 amide bonds. The van der Waals surface area contributed by atoms with E-state index in [0.717, 1.165) is 12.0 Å². The molecule has 2 aromatic rings. The maximum atomic E-state index is 11.5. The molecule has 0 heterocycles. The van der Waals surface area contributed by atoms with E-state index in [0.29, 0.717) is 6.42 Å². The lowest BCUT2D eigenvalue weighted by Crippen LogP contribution is -2.03. The highest BCUT2D eigenvalue weighted by atomic mass is 32.2. The minimum atomic E-state index is -4.31. The molecule has 22 heavy (non-hydrogen) atoms. The van der Waals surface area contributed by atoms with Gasteiger partial charge in [0, 0.05) is 0 Å². The van der Waals surface area contributed by atoms with Gasteiger partial charge in [-0.3, -0.25) is 4.55 Å². The molecule has 0 spiro atoms. The highest BCUT2D eigenvalue weighted by Gasteiger charge is 2.19. The Morgan fingerprint density at radius 3 is 2.68 bits per heavy atom. The third-order valence-electron chi connectivity index (χ3n) is 3.83. The number of fused-ring (bicyclic) bond motifs is 1. The molecule has 0 radical (unpaired) electrons. The van der Waals surface area contributed by atoms with Crippen molar-refractivity contribution in [1.82, 2.24) is 0 Å². The topological polar surface area (TPSA) is 63.6 Å². The SMILES string of the molecule is COc1ccc(CC2=CCc3ccccc32)cc1S(=O)(=O)O. The highest BCUT2D eigenvalue weighted by molar-refractivity contribution is 7.86. The van der Waals surface area contributed by atoms with Crippen molar-refractivity contribution in [2.45, 2.75) is 17.7 Å². The molecule has 3 rings (SSSR count). The second kappa shape index (κ2) is 5.59. The van der Waals surface area contributed by atoms with E-state index >= 15 is 0 Å². The van der Waals surface area contributed by atoms with Crippen LogP contribution in [0.1, 0.15) is 16.7 Å². The van der Waals surface area contributed by atoms with Crippen molar-refractivity contribution in [2.24, 2.45) is 0 Å². The third-order valence-corrected chi connectivity index (χ3v) is 4.71. The molecule has 114 valence electrons. The Hall–Kier alpha value is -2.11. The van der Waals surface area contributed by atoms with Crippen LogP contribution in [0.4, 0.5) is 0 Å². The van der Waals surface area contributed by atoms with Gasteiger partial charge in [0.15, 0.2) is 0 Å². The molecule has 1 aliphatic carbocycles. The van der Waals surface area contributed by atoms with Crippen LogP contribution in [0.3, 0.4) is 0 Å². The van der Waals surface area contributed by atoms with Crippen molar-refractivity contribution in [2.75, 3.05) is 7.11 Å². The quantitative estimate of drug-likeness (QED) is 0.880. The fourth-order valence-corrected chi connectivity index (χ4v) is 3.48. The number of ether oxygens (including phenoxy) is 1. The van der Waals surface area contributed by atoms with Gasteiger partial charge in [0.2, 0.25) is 0 Å². The normalized spacial score (nSPS) is 13.6. The summed E-state index contributed by atoms with van der Waals surface area (Å²) in [6.45, 7) is 0.